The number of nitrogens with one attached hydrogen (secondary N) is 1. The molecular weight excluding hydrogens is 244 g/mol. The van der Waals surface area contributed by atoms with Crippen LogP contribution in [0.2, 0.25) is 0 Å². The van der Waals surface area contributed by atoms with E-state index in [1.807, 2.05) is 0 Å². The molecule has 1 aliphatic heterocycles. The third-order valence-electron chi connectivity index (χ3n) is 5.54. The first kappa shape index (κ1) is 16.3. The first-order valence-corrected chi connectivity index (χ1v) is 9.06. The van der Waals surface area contributed by atoms with E-state index >= 15 is 0 Å². The summed E-state index contributed by atoms with van der Waals surface area (Å²) in [5, 5.41) is 3.87. The molecule has 2 aliphatic rings. The molecule has 2 heteroatoms. The third-order valence-corrected chi connectivity index (χ3v) is 5.54. The van der Waals surface area contributed by atoms with Crippen LogP contribution < -0.4 is 5.32 Å². The Morgan fingerprint density at radius 1 is 1.10 bits per heavy atom. The first-order chi connectivity index (χ1) is 9.61. The Balaban J connectivity index is 1.83. The third kappa shape index (κ3) is 5.04. The molecule has 0 radical (unpaired) electrons. The minimum Gasteiger partial charge on any atom is -0.312 e. The molecule has 118 valence electrons. The first-order valence-electron chi connectivity index (χ1n) is 9.06. The van der Waals surface area contributed by atoms with Gasteiger partial charge in [0.2, 0.25) is 0 Å². The summed E-state index contributed by atoms with van der Waals surface area (Å²) in [6.45, 7) is 12.3. The van der Waals surface area contributed by atoms with Gasteiger partial charge in [0.25, 0.3) is 0 Å². The average Bonchev–Trinajstić information content (AvgIpc) is 2.46. The highest BCUT2D eigenvalue weighted by Crippen LogP contribution is 2.31. The van der Waals surface area contributed by atoms with E-state index in [1.165, 1.54) is 77.5 Å². The van der Waals surface area contributed by atoms with E-state index < -0.39 is 0 Å². The molecule has 1 aliphatic carbocycles. The van der Waals surface area contributed by atoms with Crippen molar-refractivity contribution < 1.29 is 0 Å². The fourth-order valence-corrected chi connectivity index (χ4v) is 3.87. The molecule has 20 heavy (non-hydrogen) atoms. The molecule has 0 spiro atoms. The Bertz CT molecular complexity index is 259. The zero-order valence-corrected chi connectivity index (χ0v) is 14.1. The second-order valence-electron chi connectivity index (χ2n) is 7.92. The standard InChI is InChI=1S/C18H36N2/c1-4-12-19-17(16-8-6-5-7-9-16)15-20-13-10-18(2,3)11-14-20/h16-17,19H,4-15H2,1-3H3. The lowest BCUT2D eigenvalue weighted by atomic mass is 9.81. The van der Waals surface area contributed by atoms with Gasteiger partial charge in [-0.25, -0.2) is 0 Å². The lowest BCUT2D eigenvalue weighted by Crippen LogP contribution is -2.49. The van der Waals surface area contributed by atoms with Crippen molar-refractivity contribution in [3.8, 4) is 0 Å². The molecule has 1 heterocycles. The predicted octanol–water partition coefficient (Wildman–Crippen LogP) is 4.06. The molecule has 1 unspecified atom stereocenters. The molecule has 1 saturated heterocycles. The van der Waals surface area contributed by atoms with Gasteiger partial charge in [-0.1, -0.05) is 40.0 Å². The normalized spacial score (nSPS) is 26.6. The van der Waals surface area contributed by atoms with Gasteiger partial charge in [0.05, 0.1) is 0 Å². The van der Waals surface area contributed by atoms with Gasteiger partial charge >= 0.3 is 0 Å². The van der Waals surface area contributed by atoms with Crippen LogP contribution in [0.3, 0.4) is 0 Å². The Morgan fingerprint density at radius 2 is 1.75 bits per heavy atom. The van der Waals surface area contributed by atoms with E-state index in [2.05, 4.69) is 31.0 Å². The maximum Gasteiger partial charge on any atom is 0.0223 e. The van der Waals surface area contributed by atoms with Gasteiger partial charge in [-0.3, -0.25) is 0 Å². The van der Waals surface area contributed by atoms with Gasteiger partial charge < -0.3 is 10.2 Å². The van der Waals surface area contributed by atoms with Crippen molar-refractivity contribution in [1.29, 1.82) is 0 Å². The van der Waals surface area contributed by atoms with Gasteiger partial charge in [0.1, 0.15) is 0 Å². The smallest absolute Gasteiger partial charge is 0.0223 e. The van der Waals surface area contributed by atoms with Gasteiger partial charge in [-0.2, -0.15) is 0 Å². The van der Waals surface area contributed by atoms with Crippen molar-refractivity contribution in [1.82, 2.24) is 10.2 Å². The van der Waals surface area contributed by atoms with Crippen LogP contribution in [0.15, 0.2) is 0 Å². The number of hydrogen-bond donors (Lipinski definition) is 1. The van der Waals surface area contributed by atoms with Crippen LogP contribution in [0.4, 0.5) is 0 Å². The molecule has 0 aromatic carbocycles. The fraction of sp³-hybridized carbons (Fsp3) is 1.00. The quantitative estimate of drug-likeness (QED) is 0.789. The van der Waals surface area contributed by atoms with Crippen LogP contribution in [-0.4, -0.2) is 37.1 Å². The fourth-order valence-electron chi connectivity index (χ4n) is 3.87. The van der Waals surface area contributed by atoms with Crippen molar-refractivity contribution in [3.05, 3.63) is 0 Å². The van der Waals surface area contributed by atoms with Crippen molar-refractivity contribution in [2.24, 2.45) is 11.3 Å². The molecule has 2 fully saturated rings. The summed E-state index contributed by atoms with van der Waals surface area (Å²) in [7, 11) is 0. The van der Waals surface area contributed by atoms with Crippen molar-refractivity contribution in [2.45, 2.75) is 78.2 Å². The zero-order valence-electron chi connectivity index (χ0n) is 14.1. The van der Waals surface area contributed by atoms with E-state index in [-0.39, 0.29) is 0 Å². The van der Waals surface area contributed by atoms with Crippen molar-refractivity contribution >= 4 is 0 Å². The predicted molar refractivity (Wildman–Crippen MR) is 88.1 cm³/mol. The summed E-state index contributed by atoms with van der Waals surface area (Å²) in [5.41, 5.74) is 0.577. The SMILES string of the molecule is CCCNC(CN1CCC(C)(C)CC1)C1CCCCC1. The monoisotopic (exact) mass is 280 g/mol. The Labute approximate surface area is 126 Å². The number of likely N-dealkylation sites (tertiary alicyclic amines) is 1. The molecule has 1 N–H and O–H groups in total. The molecule has 0 aromatic heterocycles. The molecule has 0 aromatic rings. The summed E-state index contributed by atoms with van der Waals surface area (Å²) in [4.78, 5) is 2.73. The minimum absolute atomic E-state index is 0.577. The largest absolute Gasteiger partial charge is 0.312 e. The van der Waals surface area contributed by atoms with E-state index in [0.29, 0.717) is 5.41 Å². The number of nitrogens with zero attached hydrogens (tertiary/aromatic N) is 1. The summed E-state index contributed by atoms with van der Waals surface area (Å²) in [6, 6.07) is 0.747. The maximum absolute atomic E-state index is 3.87. The molecule has 0 amide bonds. The van der Waals surface area contributed by atoms with Crippen molar-refractivity contribution in [3.63, 3.8) is 0 Å². The maximum atomic E-state index is 3.87. The van der Waals surface area contributed by atoms with Gasteiger partial charge in [-0.15, -0.1) is 0 Å². The van der Waals surface area contributed by atoms with E-state index in [0.717, 1.165) is 12.0 Å². The van der Waals surface area contributed by atoms with Crippen LogP contribution in [0.1, 0.15) is 72.1 Å². The number of hydrogen-bond acceptors (Lipinski definition) is 2. The average molecular weight is 280 g/mol. The zero-order chi connectivity index (χ0) is 14.4. The second-order valence-corrected chi connectivity index (χ2v) is 7.92. The van der Waals surface area contributed by atoms with Gasteiger partial charge in [-0.05, 0) is 63.1 Å². The molecule has 2 rings (SSSR count). The summed E-state index contributed by atoms with van der Waals surface area (Å²) >= 11 is 0. The minimum atomic E-state index is 0.577. The number of piperidine rings is 1. The van der Waals surface area contributed by atoms with Crippen LogP contribution in [-0.2, 0) is 0 Å². The van der Waals surface area contributed by atoms with E-state index in [9.17, 15) is 0 Å². The summed E-state index contributed by atoms with van der Waals surface area (Å²) in [6.07, 6.45) is 11.3. The second kappa shape index (κ2) is 7.79. The molecule has 0 bridgehead atoms. The van der Waals surface area contributed by atoms with E-state index in [1.54, 1.807) is 0 Å². The summed E-state index contributed by atoms with van der Waals surface area (Å²) in [5.74, 6) is 0.935. The van der Waals surface area contributed by atoms with Crippen LogP contribution in [0.25, 0.3) is 0 Å². The Morgan fingerprint density at radius 3 is 2.35 bits per heavy atom. The highest BCUT2D eigenvalue weighted by molar-refractivity contribution is 4.85. The lowest BCUT2D eigenvalue weighted by molar-refractivity contribution is 0.107. The lowest BCUT2D eigenvalue weighted by Gasteiger charge is -2.40. The number of rotatable bonds is 6. The molecule has 1 saturated carbocycles. The van der Waals surface area contributed by atoms with Gasteiger partial charge in [0.15, 0.2) is 0 Å². The Kier molecular flexibility index (Phi) is 6.35. The summed E-state index contributed by atoms with van der Waals surface area (Å²) < 4.78 is 0. The highest BCUT2D eigenvalue weighted by Gasteiger charge is 2.29. The van der Waals surface area contributed by atoms with E-state index in [4.69, 9.17) is 0 Å². The highest BCUT2D eigenvalue weighted by atomic mass is 15.2. The topological polar surface area (TPSA) is 15.3 Å². The van der Waals surface area contributed by atoms with Crippen LogP contribution >= 0.6 is 0 Å². The molecule has 1 atom stereocenters. The van der Waals surface area contributed by atoms with Crippen LogP contribution in [0, 0.1) is 11.3 Å². The van der Waals surface area contributed by atoms with Crippen LogP contribution in [0.5, 0.6) is 0 Å². The molecular formula is C18H36N2. The van der Waals surface area contributed by atoms with Gasteiger partial charge in [0, 0.05) is 12.6 Å². The molecule has 2 nitrogen and oxygen atoms in total. The van der Waals surface area contributed by atoms with Crippen molar-refractivity contribution in [2.75, 3.05) is 26.2 Å². The Hall–Kier alpha value is -0.0800.